The highest BCUT2D eigenvalue weighted by Crippen LogP contribution is 2.30. The molecule has 0 aliphatic heterocycles. The largest absolute Gasteiger partial charge is 0.507 e. The Morgan fingerprint density at radius 2 is 1.79 bits per heavy atom. The van der Waals surface area contributed by atoms with E-state index in [9.17, 15) is 15.0 Å². The van der Waals surface area contributed by atoms with Gasteiger partial charge in [0, 0.05) is 0 Å². The number of hydrogen-bond acceptors (Lipinski definition) is 4. The van der Waals surface area contributed by atoms with Crippen molar-refractivity contribution in [3.05, 3.63) is 46.1 Å². The van der Waals surface area contributed by atoms with Crippen LogP contribution in [0.25, 0.3) is 21.9 Å². The van der Waals surface area contributed by atoms with Gasteiger partial charge < -0.3 is 14.6 Å². The van der Waals surface area contributed by atoms with Crippen LogP contribution in [0.4, 0.5) is 0 Å². The second-order valence-corrected chi connectivity index (χ2v) is 4.42. The quantitative estimate of drug-likeness (QED) is 0.657. The number of rotatable bonds is 1. The number of aryl methyl sites for hydroxylation is 1. The van der Waals surface area contributed by atoms with Gasteiger partial charge in [-0.2, -0.15) is 0 Å². The van der Waals surface area contributed by atoms with Gasteiger partial charge in [-0.25, -0.2) is 0 Å². The number of phenols is 2. The maximum absolute atomic E-state index is 12.3. The molecule has 2 aromatic carbocycles. The van der Waals surface area contributed by atoms with E-state index in [4.69, 9.17) is 4.42 Å². The van der Waals surface area contributed by atoms with Crippen LogP contribution in [0.15, 0.2) is 39.5 Å². The van der Waals surface area contributed by atoms with Gasteiger partial charge in [0.1, 0.15) is 33.4 Å². The van der Waals surface area contributed by atoms with Crippen LogP contribution in [0.2, 0.25) is 0 Å². The molecular weight excluding hydrogens is 244 g/mol. The fourth-order valence-corrected chi connectivity index (χ4v) is 2.25. The van der Waals surface area contributed by atoms with Crippen LogP contribution in [0.1, 0.15) is 12.5 Å². The molecule has 3 aromatic rings. The second-order valence-electron chi connectivity index (χ2n) is 4.42. The van der Waals surface area contributed by atoms with Crippen LogP contribution in [0.3, 0.4) is 0 Å². The molecule has 0 fully saturated rings. The first-order chi connectivity index (χ1) is 9.11. The standard InChI is InChI=1S/C15H12O4/c1-2-8-6-10(17)14-12(7-8)19-11-5-3-4-9(16)13(11)15(14)18/h3-7,16-17H,2H2,1H3. The van der Waals surface area contributed by atoms with Crippen molar-refractivity contribution in [2.75, 3.05) is 0 Å². The van der Waals surface area contributed by atoms with Crippen molar-refractivity contribution in [3.63, 3.8) is 0 Å². The molecule has 0 saturated carbocycles. The Balaban J connectivity index is 2.58. The summed E-state index contributed by atoms with van der Waals surface area (Å²) in [6.07, 6.45) is 0.727. The first-order valence-electron chi connectivity index (χ1n) is 6.02. The van der Waals surface area contributed by atoms with E-state index in [1.165, 1.54) is 6.07 Å². The summed E-state index contributed by atoms with van der Waals surface area (Å²) < 4.78 is 5.61. The Hall–Kier alpha value is -2.49. The Kier molecular flexibility index (Phi) is 2.45. The number of benzene rings is 2. The normalized spacial score (nSPS) is 11.2. The molecule has 4 heteroatoms. The first-order valence-corrected chi connectivity index (χ1v) is 6.02. The molecule has 0 aliphatic rings. The minimum Gasteiger partial charge on any atom is -0.507 e. The van der Waals surface area contributed by atoms with Gasteiger partial charge in [-0.3, -0.25) is 4.79 Å². The third-order valence-corrected chi connectivity index (χ3v) is 3.23. The van der Waals surface area contributed by atoms with Crippen LogP contribution in [0, 0.1) is 0 Å². The molecule has 1 heterocycles. The second kappa shape index (κ2) is 4.02. The van der Waals surface area contributed by atoms with Crippen molar-refractivity contribution in [1.82, 2.24) is 0 Å². The zero-order chi connectivity index (χ0) is 13.6. The summed E-state index contributed by atoms with van der Waals surface area (Å²) in [5.74, 6) is -0.264. The molecule has 0 unspecified atom stereocenters. The molecule has 96 valence electrons. The first kappa shape index (κ1) is 11.6. The van der Waals surface area contributed by atoms with E-state index in [2.05, 4.69) is 0 Å². The molecule has 1 aromatic heterocycles. The van der Waals surface area contributed by atoms with Gasteiger partial charge in [0.25, 0.3) is 0 Å². The summed E-state index contributed by atoms with van der Waals surface area (Å²) in [5, 5.41) is 19.9. The van der Waals surface area contributed by atoms with Gasteiger partial charge in [-0.1, -0.05) is 13.0 Å². The molecule has 0 atom stereocenters. The molecule has 0 radical (unpaired) electrons. The van der Waals surface area contributed by atoms with E-state index in [1.54, 1.807) is 24.3 Å². The number of phenolic OH excluding ortho intramolecular Hbond substituents is 2. The van der Waals surface area contributed by atoms with E-state index in [-0.39, 0.29) is 22.3 Å². The number of fused-ring (bicyclic) bond motifs is 2. The summed E-state index contributed by atoms with van der Waals surface area (Å²) in [7, 11) is 0. The van der Waals surface area contributed by atoms with Gasteiger partial charge >= 0.3 is 0 Å². The monoisotopic (exact) mass is 256 g/mol. The van der Waals surface area contributed by atoms with Crippen LogP contribution in [0.5, 0.6) is 11.5 Å². The minimum absolute atomic E-state index is 0.0922. The van der Waals surface area contributed by atoms with E-state index in [0.29, 0.717) is 11.2 Å². The lowest BCUT2D eigenvalue weighted by Crippen LogP contribution is -2.03. The third kappa shape index (κ3) is 1.64. The highest BCUT2D eigenvalue weighted by Gasteiger charge is 2.14. The maximum Gasteiger partial charge on any atom is 0.208 e. The molecule has 0 aliphatic carbocycles. The van der Waals surface area contributed by atoms with E-state index in [1.807, 2.05) is 6.92 Å². The van der Waals surface area contributed by atoms with Gasteiger partial charge in [0.05, 0.1) is 0 Å². The van der Waals surface area contributed by atoms with E-state index in [0.717, 1.165) is 12.0 Å². The molecule has 0 amide bonds. The van der Waals surface area contributed by atoms with Crippen molar-refractivity contribution >= 4 is 21.9 Å². The van der Waals surface area contributed by atoms with E-state index < -0.39 is 5.43 Å². The molecule has 0 spiro atoms. The van der Waals surface area contributed by atoms with Gasteiger partial charge in [0.2, 0.25) is 5.43 Å². The summed E-state index contributed by atoms with van der Waals surface area (Å²) in [6.45, 7) is 1.95. The van der Waals surface area contributed by atoms with Crippen molar-refractivity contribution in [2.45, 2.75) is 13.3 Å². The van der Waals surface area contributed by atoms with Gasteiger partial charge in [-0.05, 0) is 36.2 Å². The lowest BCUT2D eigenvalue weighted by atomic mass is 10.1. The summed E-state index contributed by atoms with van der Waals surface area (Å²) in [5.41, 5.74) is 1.10. The number of hydrogen-bond donors (Lipinski definition) is 2. The predicted octanol–water partition coefficient (Wildman–Crippen LogP) is 2.92. The molecular formula is C15H12O4. The predicted molar refractivity (Wildman–Crippen MR) is 72.7 cm³/mol. The van der Waals surface area contributed by atoms with Crippen molar-refractivity contribution in [3.8, 4) is 11.5 Å². The molecule has 3 rings (SSSR count). The smallest absolute Gasteiger partial charge is 0.208 e. The Bertz CT molecular complexity index is 846. The fraction of sp³-hybridized carbons (Fsp3) is 0.133. The zero-order valence-corrected chi connectivity index (χ0v) is 10.3. The maximum atomic E-state index is 12.3. The number of aromatic hydroxyl groups is 2. The van der Waals surface area contributed by atoms with Crippen LogP contribution in [-0.2, 0) is 6.42 Å². The summed E-state index contributed by atoms with van der Waals surface area (Å²) >= 11 is 0. The average molecular weight is 256 g/mol. The Morgan fingerprint density at radius 3 is 2.53 bits per heavy atom. The lowest BCUT2D eigenvalue weighted by Gasteiger charge is -2.06. The van der Waals surface area contributed by atoms with Gasteiger partial charge in [-0.15, -0.1) is 0 Å². The molecule has 4 nitrogen and oxygen atoms in total. The van der Waals surface area contributed by atoms with Crippen molar-refractivity contribution in [1.29, 1.82) is 0 Å². The van der Waals surface area contributed by atoms with Gasteiger partial charge in [0.15, 0.2) is 0 Å². The van der Waals surface area contributed by atoms with Crippen LogP contribution < -0.4 is 5.43 Å². The lowest BCUT2D eigenvalue weighted by molar-refractivity contribution is 0.477. The zero-order valence-electron chi connectivity index (χ0n) is 10.3. The van der Waals surface area contributed by atoms with Crippen LogP contribution in [-0.4, -0.2) is 10.2 Å². The Morgan fingerprint density at radius 1 is 1.05 bits per heavy atom. The minimum atomic E-state index is -0.422. The third-order valence-electron chi connectivity index (χ3n) is 3.23. The average Bonchev–Trinajstić information content (AvgIpc) is 2.37. The summed E-state index contributed by atoms with van der Waals surface area (Å²) in [6, 6.07) is 7.93. The molecule has 0 saturated heterocycles. The molecule has 0 bridgehead atoms. The fourth-order valence-electron chi connectivity index (χ4n) is 2.25. The topological polar surface area (TPSA) is 70.7 Å². The van der Waals surface area contributed by atoms with Crippen LogP contribution >= 0.6 is 0 Å². The molecule has 2 N–H and O–H groups in total. The molecule has 19 heavy (non-hydrogen) atoms. The van der Waals surface area contributed by atoms with Crippen molar-refractivity contribution < 1.29 is 14.6 Å². The highest BCUT2D eigenvalue weighted by molar-refractivity contribution is 5.95. The van der Waals surface area contributed by atoms with Crippen molar-refractivity contribution in [2.24, 2.45) is 0 Å². The SMILES string of the molecule is CCc1cc(O)c2c(=O)c3c(O)cccc3oc2c1. The van der Waals surface area contributed by atoms with E-state index >= 15 is 0 Å². The summed E-state index contributed by atoms with van der Waals surface area (Å²) in [4.78, 5) is 12.3. The highest BCUT2D eigenvalue weighted by atomic mass is 16.3. The Labute approximate surface area is 108 Å².